The van der Waals surface area contributed by atoms with E-state index >= 15 is 0 Å². The molecule has 1 amide bonds. The molecule has 0 spiro atoms. The molecule has 0 unspecified atom stereocenters. The third-order valence-electron chi connectivity index (χ3n) is 5.55. The molecule has 0 aliphatic heterocycles. The summed E-state index contributed by atoms with van der Waals surface area (Å²) in [6, 6.07) is 16.8. The Bertz CT molecular complexity index is 1170. The summed E-state index contributed by atoms with van der Waals surface area (Å²) in [5, 5.41) is 0. The average molecular weight is 485 g/mol. The van der Waals surface area contributed by atoms with Crippen LogP contribution < -0.4 is 0 Å². The molecule has 1 aromatic heterocycles. The van der Waals surface area contributed by atoms with Crippen LogP contribution in [0.5, 0.6) is 0 Å². The molecule has 0 fully saturated rings. The largest absolute Gasteiger partial charge is 0.467 e. The minimum atomic E-state index is -3.93. The second-order valence-corrected chi connectivity index (χ2v) is 10.2. The number of rotatable bonds is 11. The molecule has 1 heterocycles. The van der Waals surface area contributed by atoms with Crippen molar-refractivity contribution < 1.29 is 22.4 Å². The number of ether oxygens (including phenoxy) is 1. The van der Waals surface area contributed by atoms with Crippen molar-refractivity contribution in [2.75, 3.05) is 26.8 Å². The molecule has 0 atom stereocenters. The van der Waals surface area contributed by atoms with Gasteiger partial charge in [0.25, 0.3) is 0 Å². The van der Waals surface area contributed by atoms with Gasteiger partial charge in [0.15, 0.2) is 0 Å². The van der Waals surface area contributed by atoms with Gasteiger partial charge in [0.05, 0.1) is 30.9 Å². The fourth-order valence-corrected chi connectivity index (χ4v) is 5.84. The molecule has 3 aromatic rings. The predicted octanol–water partition coefficient (Wildman–Crippen LogP) is 4.07. The van der Waals surface area contributed by atoms with E-state index in [0.29, 0.717) is 23.4 Å². The van der Waals surface area contributed by atoms with Crippen molar-refractivity contribution in [1.29, 1.82) is 0 Å². The molecule has 2 aromatic carbocycles. The zero-order valence-electron chi connectivity index (χ0n) is 20.2. The molecule has 0 N–H and O–H groups in total. The summed E-state index contributed by atoms with van der Waals surface area (Å²) in [4.78, 5) is 15.3. The van der Waals surface area contributed by atoms with Crippen LogP contribution in [0.1, 0.15) is 28.0 Å². The first-order valence-electron chi connectivity index (χ1n) is 11.1. The Labute approximate surface area is 202 Å². The van der Waals surface area contributed by atoms with E-state index in [1.165, 1.54) is 11.4 Å². The lowest BCUT2D eigenvalue weighted by molar-refractivity contribution is -0.133. The molecule has 3 rings (SSSR count). The summed E-state index contributed by atoms with van der Waals surface area (Å²) >= 11 is 0. The van der Waals surface area contributed by atoms with Gasteiger partial charge in [-0.05, 0) is 49.6 Å². The van der Waals surface area contributed by atoms with E-state index in [4.69, 9.17) is 9.15 Å². The van der Waals surface area contributed by atoms with Crippen molar-refractivity contribution in [3.8, 4) is 0 Å². The van der Waals surface area contributed by atoms with Gasteiger partial charge < -0.3 is 14.1 Å². The quantitative estimate of drug-likeness (QED) is 0.410. The zero-order valence-corrected chi connectivity index (χ0v) is 21.0. The molecule has 34 heavy (non-hydrogen) atoms. The van der Waals surface area contributed by atoms with Gasteiger partial charge in [0.1, 0.15) is 5.76 Å². The normalized spacial score (nSPS) is 11.7. The van der Waals surface area contributed by atoms with Gasteiger partial charge in [-0.3, -0.25) is 4.79 Å². The number of hydrogen-bond acceptors (Lipinski definition) is 5. The first kappa shape index (κ1) is 25.7. The molecule has 0 aliphatic carbocycles. The second kappa shape index (κ2) is 11.5. The van der Waals surface area contributed by atoms with E-state index in [2.05, 4.69) is 0 Å². The first-order valence-corrected chi connectivity index (χ1v) is 12.6. The fraction of sp³-hybridized carbons (Fsp3) is 0.346. The van der Waals surface area contributed by atoms with Gasteiger partial charge >= 0.3 is 0 Å². The number of carbonyl (C=O) groups is 1. The Morgan fingerprint density at radius 3 is 2.24 bits per heavy atom. The number of aryl methyl sites for hydroxylation is 3. The molecule has 8 heteroatoms. The highest BCUT2D eigenvalue weighted by atomic mass is 32.2. The summed E-state index contributed by atoms with van der Waals surface area (Å²) in [7, 11) is -2.42. The molecule has 0 bridgehead atoms. The van der Waals surface area contributed by atoms with Crippen LogP contribution in [0.3, 0.4) is 0 Å². The standard InChI is InChI=1S/C26H32N2O5S/c1-20-15-21(2)26(22(3)16-20)34(30,31)28(12-14-32-4)19-25(29)27(18-24-11-8-13-33-24)17-23-9-6-5-7-10-23/h5-11,13,15-16H,12,14,17-19H2,1-4H3. The maximum atomic E-state index is 13.7. The topological polar surface area (TPSA) is 80.1 Å². The zero-order chi connectivity index (χ0) is 24.7. The van der Waals surface area contributed by atoms with Crippen molar-refractivity contribution in [2.24, 2.45) is 0 Å². The number of methoxy groups -OCH3 is 1. The van der Waals surface area contributed by atoms with Gasteiger partial charge in [0, 0.05) is 20.2 Å². The molecule has 182 valence electrons. The fourth-order valence-electron chi connectivity index (χ4n) is 4.06. The van der Waals surface area contributed by atoms with Gasteiger partial charge in [-0.15, -0.1) is 0 Å². The van der Waals surface area contributed by atoms with Crippen LogP contribution >= 0.6 is 0 Å². The van der Waals surface area contributed by atoms with Crippen LogP contribution in [0.15, 0.2) is 70.2 Å². The van der Waals surface area contributed by atoms with Crippen LogP contribution in [-0.2, 0) is 32.6 Å². The highest BCUT2D eigenvalue weighted by molar-refractivity contribution is 7.89. The van der Waals surface area contributed by atoms with Crippen molar-refractivity contribution in [1.82, 2.24) is 9.21 Å². The molecular formula is C26H32N2O5S. The van der Waals surface area contributed by atoms with Gasteiger partial charge in [0.2, 0.25) is 15.9 Å². The Hall–Kier alpha value is -2.94. The van der Waals surface area contributed by atoms with Crippen molar-refractivity contribution in [2.45, 2.75) is 38.8 Å². The molecule has 0 saturated carbocycles. The van der Waals surface area contributed by atoms with Crippen LogP contribution in [0.4, 0.5) is 0 Å². The Balaban J connectivity index is 1.91. The minimum absolute atomic E-state index is 0.0667. The second-order valence-electron chi connectivity index (χ2n) is 8.37. The highest BCUT2D eigenvalue weighted by Crippen LogP contribution is 2.25. The van der Waals surface area contributed by atoms with Gasteiger partial charge in [-0.2, -0.15) is 4.31 Å². The Kier molecular flexibility index (Phi) is 8.66. The highest BCUT2D eigenvalue weighted by Gasteiger charge is 2.31. The third kappa shape index (κ3) is 6.34. The summed E-state index contributed by atoms with van der Waals surface area (Å²) in [6.07, 6.45) is 1.55. The van der Waals surface area contributed by atoms with Crippen LogP contribution in [0.25, 0.3) is 0 Å². The lowest BCUT2D eigenvalue weighted by atomic mass is 10.1. The number of benzene rings is 2. The number of sulfonamides is 1. The Morgan fingerprint density at radius 1 is 0.971 bits per heavy atom. The van der Waals surface area contributed by atoms with E-state index in [1.54, 1.807) is 37.1 Å². The van der Waals surface area contributed by atoms with Crippen molar-refractivity contribution in [3.63, 3.8) is 0 Å². The lowest BCUT2D eigenvalue weighted by Crippen LogP contribution is -2.44. The number of furan rings is 1. The molecule has 7 nitrogen and oxygen atoms in total. The molecule has 0 saturated heterocycles. The van der Waals surface area contributed by atoms with E-state index in [0.717, 1.165) is 11.1 Å². The van der Waals surface area contributed by atoms with Crippen LogP contribution in [-0.4, -0.2) is 50.3 Å². The third-order valence-corrected chi connectivity index (χ3v) is 7.71. The summed E-state index contributed by atoms with van der Waals surface area (Å²) in [6.45, 7) is 6.00. The smallest absolute Gasteiger partial charge is 0.244 e. The molecule has 0 radical (unpaired) electrons. The summed E-state index contributed by atoms with van der Waals surface area (Å²) in [5.41, 5.74) is 3.24. The maximum Gasteiger partial charge on any atom is 0.244 e. The van der Waals surface area contributed by atoms with Gasteiger partial charge in [-0.1, -0.05) is 48.0 Å². The lowest BCUT2D eigenvalue weighted by Gasteiger charge is -2.28. The SMILES string of the molecule is COCCN(CC(=O)N(Cc1ccccc1)Cc1ccco1)S(=O)(=O)c1c(C)cc(C)cc1C. The number of hydrogen-bond donors (Lipinski definition) is 0. The van der Waals surface area contributed by atoms with E-state index in [1.807, 2.05) is 49.4 Å². The summed E-state index contributed by atoms with van der Waals surface area (Å²) < 4.78 is 39.2. The number of nitrogens with zero attached hydrogens (tertiary/aromatic N) is 2. The predicted molar refractivity (Wildman–Crippen MR) is 131 cm³/mol. The summed E-state index contributed by atoms with van der Waals surface area (Å²) in [5.74, 6) is 0.308. The van der Waals surface area contributed by atoms with Crippen LogP contribution in [0.2, 0.25) is 0 Å². The van der Waals surface area contributed by atoms with Crippen LogP contribution in [0, 0.1) is 20.8 Å². The molecular weight excluding hydrogens is 452 g/mol. The van der Waals surface area contributed by atoms with E-state index in [9.17, 15) is 13.2 Å². The monoisotopic (exact) mass is 484 g/mol. The first-order chi connectivity index (χ1) is 16.2. The minimum Gasteiger partial charge on any atom is -0.467 e. The maximum absolute atomic E-state index is 13.7. The molecule has 0 aliphatic rings. The van der Waals surface area contributed by atoms with E-state index < -0.39 is 10.0 Å². The average Bonchev–Trinajstić information content (AvgIpc) is 3.29. The van der Waals surface area contributed by atoms with Gasteiger partial charge in [-0.25, -0.2) is 8.42 Å². The number of carbonyl (C=O) groups excluding carboxylic acids is 1. The van der Waals surface area contributed by atoms with Crippen molar-refractivity contribution >= 4 is 15.9 Å². The number of amides is 1. The Morgan fingerprint density at radius 2 is 1.65 bits per heavy atom. The van der Waals surface area contributed by atoms with E-state index in [-0.39, 0.29) is 37.0 Å². The van der Waals surface area contributed by atoms with Crippen molar-refractivity contribution in [3.05, 3.63) is 88.9 Å².